The van der Waals surface area contributed by atoms with Crippen molar-refractivity contribution in [2.24, 2.45) is 0 Å². The lowest BCUT2D eigenvalue weighted by molar-refractivity contribution is 0.218. The SMILES string of the molecule is Cc1c(Br)cccc1C(O)c1ccc(OC(C)C)cc1. The second-order valence-electron chi connectivity index (χ2n) is 5.09. The zero-order chi connectivity index (χ0) is 14.7. The van der Waals surface area contributed by atoms with Crippen molar-refractivity contribution in [3.8, 4) is 5.75 Å². The molecular weight excluding hydrogens is 316 g/mol. The summed E-state index contributed by atoms with van der Waals surface area (Å²) in [6, 6.07) is 13.5. The molecule has 0 fully saturated rings. The third-order valence-corrected chi connectivity index (χ3v) is 4.03. The Morgan fingerprint density at radius 3 is 2.30 bits per heavy atom. The van der Waals surface area contributed by atoms with E-state index in [-0.39, 0.29) is 6.10 Å². The van der Waals surface area contributed by atoms with Crippen molar-refractivity contribution < 1.29 is 9.84 Å². The Kier molecular flexibility index (Phi) is 4.84. The number of aliphatic hydroxyl groups is 1. The quantitative estimate of drug-likeness (QED) is 0.883. The summed E-state index contributed by atoms with van der Waals surface area (Å²) in [5, 5.41) is 10.5. The highest BCUT2D eigenvalue weighted by molar-refractivity contribution is 9.10. The molecule has 1 atom stereocenters. The van der Waals surface area contributed by atoms with E-state index in [9.17, 15) is 5.11 Å². The molecule has 0 spiro atoms. The molecule has 106 valence electrons. The number of aliphatic hydroxyl groups excluding tert-OH is 1. The first-order valence-corrected chi connectivity index (χ1v) is 7.48. The zero-order valence-electron chi connectivity index (χ0n) is 11.9. The van der Waals surface area contributed by atoms with Crippen molar-refractivity contribution in [2.45, 2.75) is 33.0 Å². The molecule has 2 aromatic rings. The van der Waals surface area contributed by atoms with Crippen LogP contribution in [-0.4, -0.2) is 11.2 Å². The molecule has 0 aromatic heterocycles. The molecule has 0 heterocycles. The maximum Gasteiger partial charge on any atom is 0.119 e. The van der Waals surface area contributed by atoms with E-state index in [2.05, 4.69) is 15.9 Å². The van der Waals surface area contributed by atoms with Crippen LogP contribution in [0, 0.1) is 6.92 Å². The molecule has 2 rings (SSSR count). The lowest BCUT2D eigenvalue weighted by atomic mass is 9.97. The van der Waals surface area contributed by atoms with Crippen molar-refractivity contribution in [3.05, 3.63) is 63.6 Å². The summed E-state index contributed by atoms with van der Waals surface area (Å²) >= 11 is 3.49. The van der Waals surface area contributed by atoms with Crippen LogP contribution in [0.1, 0.15) is 36.6 Å². The molecule has 3 heteroatoms. The third kappa shape index (κ3) is 3.41. The smallest absolute Gasteiger partial charge is 0.119 e. The van der Waals surface area contributed by atoms with E-state index in [1.165, 1.54) is 0 Å². The van der Waals surface area contributed by atoms with Gasteiger partial charge >= 0.3 is 0 Å². The molecule has 2 aromatic carbocycles. The van der Waals surface area contributed by atoms with E-state index >= 15 is 0 Å². The van der Waals surface area contributed by atoms with Gasteiger partial charge in [-0.2, -0.15) is 0 Å². The van der Waals surface area contributed by atoms with Crippen molar-refractivity contribution in [1.29, 1.82) is 0 Å². The normalized spacial score (nSPS) is 12.5. The van der Waals surface area contributed by atoms with Gasteiger partial charge in [0.1, 0.15) is 11.9 Å². The minimum atomic E-state index is -0.624. The molecule has 0 amide bonds. The van der Waals surface area contributed by atoms with Crippen LogP contribution < -0.4 is 4.74 Å². The maximum absolute atomic E-state index is 10.5. The summed E-state index contributed by atoms with van der Waals surface area (Å²) in [4.78, 5) is 0. The van der Waals surface area contributed by atoms with Gasteiger partial charge in [0.2, 0.25) is 0 Å². The van der Waals surface area contributed by atoms with Gasteiger partial charge in [-0.1, -0.05) is 40.2 Å². The first kappa shape index (κ1) is 15.1. The predicted octanol–water partition coefficient (Wildman–Crippen LogP) is 4.63. The van der Waals surface area contributed by atoms with E-state index in [1.807, 2.05) is 63.2 Å². The highest BCUT2D eigenvalue weighted by atomic mass is 79.9. The first-order chi connectivity index (χ1) is 9.49. The largest absolute Gasteiger partial charge is 0.491 e. The van der Waals surface area contributed by atoms with Crippen LogP contribution in [0.4, 0.5) is 0 Å². The highest BCUT2D eigenvalue weighted by Crippen LogP contribution is 2.29. The Morgan fingerprint density at radius 2 is 1.70 bits per heavy atom. The van der Waals surface area contributed by atoms with Crippen LogP contribution in [0.2, 0.25) is 0 Å². The van der Waals surface area contributed by atoms with Crippen molar-refractivity contribution >= 4 is 15.9 Å². The maximum atomic E-state index is 10.5. The molecule has 0 bridgehead atoms. The summed E-state index contributed by atoms with van der Waals surface area (Å²) in [5.74, 6) is 0.821. The Morgan fingerprint density at radius 1 is 1.05 bits per heavy atom. The summed E-state index contributed by atoms with van der Waals surface area (Å²) in [7, 11) is 0. The van der Waals surface area contributed by atoms with Crippen LogP contribution in [0.15, 0.2) is 46.9 Å². The molecule has 0 aliphatic carbocycles. The molecular formula is C17H19BrO2. The van der Waals surface area contributed by atoms with Crippen molar-refractivity contribution in [2.75, 3.05) is 0 Å². The van der Waals surface area contributed by atoms with E-state index in [0.29, 0.717) is 0 Å². The molecule has 20 heavy (non-hydrogen) atoms. The van der Waals surface area contributed by atoms with Gasteiger partial charge in [-0.25, -0.2) is 0 Å². The second-order valence-corrected chi connectivity index (χ2v) is 5.95. The minimum absolute atomic E-state index is 0.151. The fourth-order valence-corrected chi connectivity index (χ4v) is 2.48. The summed E-state index contributed by atoms with van der Waals surface area (Å²) in [6.07, 6.45) is -0.473. The Bertz CT molecular complexity index is 576. The summed E-state index contributed by atoms with van der Waals surface area (Å²) in [6.45, 7) is 5.99. The molecule has 0 aliphatic rings. The van der Waals surface area contributed by atoms with Crippen molar-refractivity contribution in [3.63, 3.8) is 0 Å². The number of hydrogen-bond donors (Lipinski definition) is 1. The summed E-state index contributed by atoms with van der Waals surface area (Å²) in [5.41, 5.74) is 2.83. The fourth-order valence-electron chi connectivity index (χ4n) is 2.10. The third-order valence-electron chi connectivity index (χ3n) is 3.17. The number of rotatable bonds is 4. The Hall–Kier alpha value is -1.32. The molecule has 1 unspecified atom stereocenters. The average molecular weight is 335 g/mol. The highest BCUT2D eigenvalue weighted by Gasteiger charge is 2.14. The predicted molar refractivity (Wildman–Crippen MR) is 85.1 cm³/mol. The standard InChI is InChI=1S/C17H19BrO2/c1-11(2)20-14-9-7-13(8-10-14)17(19)15-5-4-6-16(18)12(15)3/h4-11,17,19H,1-3H3. The molecule has 0 aliphatic heterocycles. The van der Waals surface area contributed by atoms with Crippen LogP contribution in [0.3, 0.4) is 0 Å². The van der Waals surface area contributed by atoms with Gasteiger partial charge in [0.25, 0.3) is 0 Å². The van der Waals surface area contributed by atoms with Crippen LogP contribution in [0.25, 0.3) is 0 Å². The first-order valence-electron chi connectivity index (χ1n) is 6.68. The van der Waals surface area contributed by atoms with E-state index in [1.54, 1.807) is 0 Å². The molecule has 0 radical (unpaired) electrons. The fraction of sp³-hybridized carbons (Fsp3) is 0.294. The minimum Gasteiger partial charge on any atom is -0.491 e. The number of ether oxygens (including phenoxy) is 1. The van der Waals surface area contributed by atoms with Gasteiger partial charge in [0.15, 0.2) is 0 Å². The van der Waals surface area contributed by atoms with Gasteiger partial charge in [-0.15, -0.1) is 0 Å². The van der Waals surface area contributed by atoms with E-state index in [0.717, 1.165) is 26.9 Å². The molecule has 1 N–H and O–H groups in total. The Labute approximate surface area is 128 Å². The van der Waals surface area contributed by atoms with Gasteiger partial charge in [-0.3, -0.25) is 0 Å². The number of hydrogen-bond acceptors (Lipinski definition) is 2. The lowest BCUT2D eigenvalue weighted by Crippen LogP contribution is -2.06. The number of halogens is 1. The van der Waals surface area contributed by atoms with Gasteiger partial charge in [0, 0.05) is 4.47 Å². The van der Waals surface area contributed by atoms with E-state index < -0.39 is 6.10 Å². The topological polar surface area (TPSA) is 29.5 Å². The average Bonchev–Trinajstić information content (AvgIpc) is 2.41. The van der Waals surface area contributed by atoms with Gasteiger partial charge in [0.05, 0.1) is 6.10 Å². The van der Waals surface area contributed by atoms with Crippen LogP contribution in [0.5, 0.6) is 5.75 Å². The lowest BCUT2D eigenvalue weighted by Gasteiger charge is -2.16. The van der Waals surface area contributed by atoms with Crippen molar-refractivity contribution in [1.82, 2.24) is 0 Å². The molecule has 0 saturated carbocycles. The zero-order valence-corrected chi connectivity index (χ0v) is 13.5. The molecule has 0 saturated heterocycles. The van der Waals surface area contributed by atoms with Gasteiger partial charge < -0.3 is 9.84 Å². The number of benzene rings is 2. The Balaban J connectivity index is 2.25. The van der Waals surface area contributed by atoms with E-state index in [4.69, 9.17) is 4.74 Å². The second kappa shape index (κ2) is 6.42. The van der Waals surface area contributed by atoms with Gasteiger partial charge in [-0.05, 0) is 55.7 Å². The summed E-state index contributed by atoms with van der Waals surface area (Å²) < 4.78 is 6.62. The van der Waals surface area contributed by atoms with Crippen LogP contribution in [-0.2, 0) is 0 Å². The van der Waals surface area contributed by atoms with Crippen LogP contribution >= 0.6 is 15.9 Å². The monoisotopic (exact) mass is 334 g/mol. The molecule has 2 nitrogen and oxygen atoms in total.